The molecule has 0 saturated heterocycles. The van der Waals surface area contributed by atoms with Crippen LogP contribution in [0, 0.1) is 0 Å². The topological polar surface area (TPSA) is 51.6 Å². The fourth-order valence-electron chi connectivity index (χ4n) is 8.43. The first-order valence-corrected chi connectivity index (χ1v) is 19.1. The third-order valence-corrected chi connectivity index (χ3v) is 12.7. The van der Waals surface area contributed by atoms with Gasteiger partial charge in [-0.3, -0.25) is 0 Å². The van der Waals surface area contributed by atoms with Crippen molar-refractivity contribution in [1.82, 2.24) is 19.9 Å². The smallest absolute Gasteiger partial charge is 0.164 e. The number of allylic oxidation sites excluding steroid dienone is 5. The van der Waals surface area contributed by atoms with Crippen molar-refractivity contribution in [2.75, 3.05) is 0 Å². The molecule has 0 spiro atoms. The van der Waals surface area contributed by atoms with E-state index in [-0.39, 0.29) is 10.8 Å². The molecular weight excluding hydrogens is 665 g/mol. The molecule has 5 aromatic carbocycles. The van der Waals surface area contributed by atoms with Gasteiger partial charge in [0.1, 0.15) is 0 Å². The summed E-state index contributed by atoms with van der Waals surface area (Å²) >= 11 is 1.92. The second kappa shape index (κ2) is 12.4. The normalized spacial score (nSPS) is 19.8. The molecule has 2 aliphatic carbocycles. The van der Waals surface area contributed by atoms with E-state index in [4.69, 9.17) is 19.9 Å². The first-order valence-electron chi connectivity index (χ1n) is 18.3. The van der Waals surface area contributed by atoms with Crippen LogP contribution in [0.1, 0.15) is 49.1 Å². The Labute approximate surface area is 314 Å². The van der Waals surface area contributed by atoms with Crippen LogP contribution < -0.4 is 0 Å². The fourth-order valence-corrected chi connectivity index (χ4v) is 9.89. The Morgan fingerprint density at radius 2 is 1.15 bits per heavy atom. The van der Waals surface area contributed by atoms with Gasteiger partial charge in [0.2, 0.25) is 0 Å². The summed E-state index contributed by atoms with van der Waals surface area (Å²) in [5.41, 5.74) is 9.84. The van der Waals surface area contributed by atoms with E-state index >= 15 is 0 Å². The van der Waals surface area contributed by atoms with Crippen molar-refractivity contribution in [3.05, 3.63) is 179 Å². The summed E-state index contributed by atoms with van der Waals surface area (Å²) in [6.45, 7) is 4.84. The Morgan fingerprint density at radius 3 is 1.85 bits per heavy atom. The molecule has 10 rings (SSSR count). The molecule has 254 valence electrons. The molecule has 0 saturated carbocycles. The Kier molecular flexibility index (Phi) is 7.41. The number of aromatic nitrogens is 4. The largest absolute Gasteiger partial charge is 0.247 e. The van der Waals surface area contributed by atoms with Crippen LogP contribution in [0.25, 0.3) is 62.3 Å². The molecule has 7 aromatic rings. The lowest BCUT2D eigenvalue weighted by Crippen LogP contribution is -2.33. The van der Waals surface area contributed by atoms with Crippen molar-refractivity contribution in [1.29, 1.82) is 0 Å². The molecule has 0 fully saturated rings. The predicted octanol–water partition coefficient (Wildman–Crippen LogP) is 12.0. The number of hydrogen-bond acceptors (Lipinski definition) is 5. The first-order chi connectivity index (χ1) is 26.0. The summed E-state index contributed by atoms with van der Waals surface area (Å²) in [4.78, 5) is 23.2. The molecule has 0 N–H and O–H groups in total. The van der Waals surface area contributed by atoms with Gasteiger partial charge in [-0.25, -0.2) is 19.9 Å². The van der Waals surface area contributed by atoms with Gasteiger partial charge in [0, 0.05) is 42.9 Å². The number of fused-ring (bicyclic) bond motifs is 6. The van der Waals surface area contributed by atoms with Crippen molar-refractivity contribution >= 4 is 28.6 Å². The number of thioether (sulfide) groups is 1. The summed E-state index contributed by atoms with van der Waals surface area (Å²) in [5, 5.41) is 2.47. The standard InChI is InChI=1S/C48H36N4S/c1-47(35-27-25-34(26-28-35)46-51-44(32-16-5-3-6-17-32)50-45(52-46)33-18-7-4-8-19-33)30-14-23-38-40(47)41-43(53-39-24-11-12-29-48(39,41)2)42(49-38)37-22-13-20-31-15-9-10-21-36(31)37/h3-28H,29-30H2,1-2H3/t47?,48-/m0/s1. The predicted molar refractivity (Wildman–Crippen MR) is 218 cm³/mol. The number of rotatable bonds is 5. The average Bonchev–Trinajstić information content (AvgIpc) is 3.53. The maximum atomic E-state index is 5.58. The highest BCUT2D eigenvalue weighted by Gasteiger charge is 2.48. The molecule has 0 radical (unpaired) electrons. The van der Waals surface area contributed by atoms with Crippen LogP contribution >= 0.6 is 11.8 Å². The highest BCUT2D eigenvalue weighted by Crippen LogP contribution is 2.62. The zero-order chi connectivity index (χ0) is 35.6. The van der Waals surface area contributed by atoms with Gasteiger partial charge < -0.3 is 0 Å². The molecule has 0 bridgehead atoms. The van der Waals surface area contributed by atoms with Crippen molar-refractivity contribution < 1.29 is 0 Å². The molecule has 1 unspecified atom stereocenters. The lowest BCUT2D eigenvalue weighted by atomic mass is 9.64. The molecule has 3 aliphatic rings. The average molecular weight is 701 g/mol. The quantitative estimate of drug-likeness (QED) is 0.179. The van der Waals surface area contributed by atoms with Gasteiger partial charge in [-0.05, 0) is 46.4 Å². The minimum absolute atomic E-state index is 0.125. The van der Waals surface area contributed by atoms with E-state index in [1.165, 1.54) is 42.8 Å². The summed E-state index contributed by atoms with van der Waals surface area (Å²) in [5.74, 6) is 1.99. The van der Waals surface area contributed by atoms with E-state index in [1.54, 1.807) is 0 Å². The molecule has 0 amide bonds. The van der Waals surface area contributed by atoms with Gasteiger partial charge in [-0.1, -0.05) is 177 Å². The van der Waals surface area contributed by atoms with Crippen molar-refractivity contribution in [2.45, 2.75) is 42.4 Å². The minimum atomic E-state index is -0.291. The zero-order valence-electron chi connectivity index (χ0n) is 29.6. The molecule has 5 heteroatoms. The number of hydrogen-bond donors (Lipinski definition) is 0. The molecule has 2 aromatic heterocycles. The second-order valence-corrected chi connectivity index (χ2v) is 15.7. The SMILES string of the molecule is CC1(c2ccc(-c3nc(-c4ccccc4)nc(-c4ccccc4)n3)cc2)CC=Cc2nc(-c3cccc4ccccc34)c3c(c21)[C@@]1(C)CC=CC=C1S3. The van der Waals surface area contributed by atoms with Crippen LogP contribution in [0.2, 0.25) is 0 Å². The van der Waals surface area contributed by atoms with Gasteiger partial charge in [0.25, 0.3) is 0 Å². The van der Waals surface area contributed by atoms with Crippen LogP contribution in [0.4, 0.5) is 0 Å². The fraction of sp³-hybridized carbons (Fsp3) is 0.125. The Hall–Kier alpha value is -5.91. The molecule has 3 heterocycles. The van der Waals surface area contributed by atoms with Gasteiger partial charge in [0.15, 0.2) is 17.5 Å². The maximum Gasteiger partial charge on any atom is 0.164 e. The highest BCUT2D eigenvalue weighted by atomic mass is 32.2. The van der Waals surface area contributed by atoms with Crippen molar-refractivity contribution in [2.24, 2.45) is 0 Å². The van der Waals surface area contributed by atoms with E-state index in [1.807, 2.05) is 72.4 Å². The number of nitrogens with zero attached hydrogens (tertiary/aromatic N) is 4. The van der Waals surface area contributed by atoms with E-state index in [9.17, 15) is 0 Å². The summed E-state index contributed by atoms with van der Waals surface area (Å²) in [7, 11) is 0. The third kappa shape index (κ3) is 5.14. The van der Waals surface area contributed by atoms with Gasteiger partial charge in [0.05, 0.1) is 11.4 Å². The van der Waals surface area contributed by atoms with E-state index in [0.717, 1.165) is 40.9 Å². The minimum Gasteiger partial charge on any atom is -0.247 e. The van der Waals surface area contributed by atoms with E-state index in [2.05, 4.69) is 111 Å². The highest BCUT2D eigenvalue weighted by molar-refractivity contribution is 8.03. The number of benzene rings is 5. The Morgan fingerprint density at radius 1 is 0.547 bits per heavy atom. The molecule has 1 aliphatic heterocycles. The Balaban J connectivity index is 1.12. The van der Waals surface area contributed by atoms with Crippen LogP contribution in [0.5, 0.6) is 0 Å². The molecule has 4 nitrogen and oxygen atoms in total. The Bertz CT molecular complexity index is 2600. The lowest BCUT2D eigenvalue weighted by molar-refractivity contribution is 0.519. The first kappa shape index (κ1) is 31.8. The van der Waals surface area contributed by atoms with E-state index in [0.29, 0.717) is 17.5 Å². The van der Waals surface area contributed by atoms with Gasteiger partial charge >= 0.3 is 0 Å². The van der Waals surface area contributed by atoms with Crippen LogP contribution in [-0.4, -0.2) is 19.9 Å². The van der Waals surface area contributed by atoms with Crippen molar-refractivity contribution in [3.63, 3.8) is 0 Å². The van der Waals surface area contributed by atoms with Crippen LogP contribution in [0.15, 0.2) is 161 Å². The second-order valence-electron chi connectivity index (χ2n) is 14.6. The molecule has 2 atom stereocenters. The monoisotopic (exact) mass is 700 g/mol. The summed E-state index contributed by atoms with van der Waals surface area (Å²) < 4.78 is 0. The number of pyridine rings is 1. The van der Waals surface area contributed by atoms with Gasteiger partial charge in [-0.15, -0.1) is 0 Å². The zero-order valence-corrected chi connectivity index (χ0v) is 30.4. The molecule has 53 heavy (non-hydrogen) atoms. The van der Waals surface area contributed by atoms with Gasteiger partial charge in [-0.2, -0.15) is 0 Å². The van der Waals surface area contributed by atoms with E-state index < -0.39 is 0 Å². The van der Waals surface area contributed by atoms with Crippen LogP contribution in [0.3, 0.4) is 0 Å². The summed E-state index contributed by atoms with van der Waals surface area (Å²) in [6, 6.07) is 44.5. The van der Waals surface area contributed by atoms with Crippen molar-refractivity contribution in [3.8, 4) is 45.4 Å². The molecular formula is C48H36N4S. The maximum absolute atomic E-state index is 5.58. The lowest BCUT2D eigenvalue weighted by Gasteiger charge is -2.39. The third-order valence-electron chi connectivity index (χ3n) is 11.3. The summed E-state index contributed by atoms with van der Waals surface area (Å²) in [6.07, 6.45) is 13.3. The van der Waals surface area contributed by atoms with Crippen LogP contribution in [-0.2, 0) is 10.8 Å².